The highest BCUT2D eigenvalue weighted by Gasteiger charge is 2.33. The lowest BCUT2D eigenvalue weighted by molar-refractivity contribution is -0.118. The average molecular weight is 529 g/mol. The van der Waals surface area contributed by atoms with Crippen molar-refractivity contribution in [1.29, 1.82) is 0 Å². The Morgan fingerprint density at radius 2 is 1.89 bits per heavy atom. The van der Waals surface area contributed by atoms with E-state index in [4.69, 9.17) is 33.3 Å². The van der Waals surface area contributed by atoms with Crippen molar-refractivity contribution in [3.05, 3.63) is 88.0 Å². The minimum atomic E-state index is -0.398. The molecule has 6 nitrogen and oxygen atoms in total. The predicted molar refractivity (Wildman–Crippen MR) is 141 cm³/mol. The van der Waals surface area contributed by atoms with Crippen LogP contribution in [0.3, 0.4) is 0 Å². The number of thioether (sulfide) groups is 1. The molecule has 0 saturated carbocycles. The van der Waals surface area contributed by atoms with Gasteiger partial charge >= 0.3 is 0 Å². The minimum Gasteiger partial charge on any atom is -0.493 e. The van der Waals surface area contributed by atoms with Gasteiger partial charge in [0.1, 0.15) is 5.82 Å². The molecule has 0 unspecified atom stereocenters. The van der Waals surface area contributed by atoms with Crippen molar-refractivity contribution in [3.63, 3.8) is 0 Å². The zero-order valence-corrected chi connectivity index (χ0v) is 20.7. The maximum Gasteiger partial charge on any atom is 0.270 e. The topological polar surface area (TPSA) is 67.9 Å². The molecule has 2 amide bonds. The summed E-state index contributed by atoms with van der Waals surface area (Å²) < 4.78 is 24.6. The van der Waals surface area contributed by atoms with Crippen molar-refractivity contribution in [1.82, 2.24) is 0 Å². The molecule has 3 aromatic rings. The molecule has 0 atom stereocenters. The number of hydrogen-bond acceptors (Lipinski definition) is 6. The number of carbonyl (C=O) groups excluding carboxylic acids is 2. The van der Waals surface area contributed by atoms with Gasteiger partial charge in [0.25, 0.3) is 11.8 Å². The Morgan fingerprint density at radius 1 is 1.14 bits per heavy atom. The number of rotatable bonds is 7. The fourth-order valence-electron chi connectivity index (χ4n) is 3.22. The van der Waals surface area contributed by atoms with Crippen molar-refractivity contribution in [2.45, 2.75) is 0 Å². The summed E-state index contributed by atoms with van der Waals surface area (Å²) in [5, 5.41) is 3.11. The number of nitrogens with one attached hydrogen (secondary N) is 1. The van der Waals surface area contributed by atoms with Crippen molar-refractivity contribution in [3.8, 4) is 11.5 Å². The molecule has 0 bridgehead atoms. The monoisotopic (exact) mass is 528 g/mol. The standard InChI is InChI=1S/C25H18ClFN2O4S2/c1-32-21-12-15(6-11-20(21)33-14-23(30)28-19-5-3-2-4-18(19)26)13-22-24(31)29(25(34)35-22)17-9-7-16(27)8-10-17/h2-13H,14H2,1H3,(H,28,30)/b22-13-. The number of amides is 2. The van der Waals surface area contributed by atoms with Gasteiger partial charge in [-0.05, 0) is 60.2 Å². The van der Waals surface area contributed by atoms with E-state index in [-0.39, 0.29) is 18.4 Å². The number of thiocarbonyl (C=S) groups is 1. The molecule has 1 saturated heterocycles. The molecule has 0 spiro atoms. The zero-order valence-electron chi connectivity index (χ0n) is 18.3. The van der Waals surface area contributed by atoms with Gasteiger partial charge in [0.15, 0.2) is 22.4 Å². The van der Waals surface area contributed by atoms with Crippen LogP contribution in [0.4, 0.5) is 15.8 Å². The fourth-order valence-corrected chi connectivity index (χ4v) is 4.70. The van der Waals surface area contributed by atoms with Crippen LogP contribution in [-0.2, 0) is 9.59 Å². The first kappa shape index (κ1) is 24.7. The molecule has 1 aliphatic rings. The molecule has 178 valence electrons. The lowest BCUT2D eigenvalue weighted by Gasteiger charge is -2.14. The number of hydrogen-bond donors (Lipinski definition) is 1. The third-order valence-corrected chi connectivity index (χ3v) is 6.50. The van der Waals surface area contributed by atoms with E-state index in [1.165, 1.54) is 36.3 Å². The SMILES string of the molecule is COc1cc(/C=C2\SC(=S)N(c3ccc(F)cc3)C2=O)ccc1OCC(=O)Nc1ccccc1Cl. The van der Waals surface area contributed by atoms with E-state index in [2.05, 4.69) is 5.32 Å². The highest BCUT2D eigenvalue weighted by molar-refractivity contribution is 8.27. The summed E-state index contributed by atoms with van der Waals surface area (Å²) in [6.45, 7) is -0.253. The largest absolute Gasteiger partial charge is 0.493 e. The van der Waals surface area contributed by atoms with Gasteiger partial charge in [0.2, 0.25) is 0 Å². The van der Waals surface area contributed by atoms with Crippen LogP contribution in [0.15, 0.2) is 71.6 Å². The van der Waals surface area contributed by atoms with E-state index in [0.717, 1.165) is 11.8 Å². The number of halogens is 2. The molecule has 1 N–H and O–H groups in total. The Kier molecular flexibility index (Phi) is 7.70. The van der Waals surface area contributed by atoms with Crippen LogP contribution >= 0.6 is 35.6 Å². The third-order valence-electron chi connectivity index (χ3n) is 4.87. The van der Waals surface area contributed by atoms with Crippen LogP contribution in [-0.4, -0.2) is 29.9 Å². The van der Waals surface area contributed by atoms with Gasteiger partial charge in [0.05, 0.1) is 28.4 Å². The van der Waals surface area contributed by atoms with Gasteiger partial charge in [-0.25, -0.2) is 4.39 Å². The summed E-state index contributed by atoms with van der Waals surface area (Å²) in [6.07, 6.45) is 1.68. The van der Waals surface area contributed by atoms with Gasteiger partial charge < -0.3 is 14.8 Å². The summed E-state index contributed by atoms with van der Waals surface area (Å²) in [7, 11) is 1.48. The van der Waals surface area contributed by atoms with Crippen LogP contribution in [0.1, 0.15) is 5.56 Å². The number of para-hydroxylation sites is 1. The Hall–Kier alpha value is -3.40. The Labute approximate surface area is 215 Å². The Balaban J connectivity index is 1.45. The van der Waals surface area contributed by atoms with Crippen molar-refractivity contribution >= 4 is 69.2 Å². The lowest BCUT2D eigenvalue weighted by atomic mass is 10.2. The minimum absolute atomic E-state index is 0.253. The summed E-state index contributed by atoms with van der Waals surface area (Å²) in [5.41, 5.74) is 1.66. The van der Waals surface area contributed by atoms with Gasteiger partial charge in [-0.1, -0.05) is 53.8 Å². The molecule has 0 radical (unpaired) electrons. The van der Waals surface area contributed by atoms with Gasteiger partial charge in [-0.15, -0.1) is 0 Å². The maximum atomic E-state index is 13.2. The average Bonchev–Trinajstić information content (AvgIpc) is 3.12. The smallest absolute Gasteiger partial charge is 0.270 e. The van der Waals surface area contributed by atoms with Gasteiger partial charge in [-0.3, -0.25) is 14.5 Å². The number of anilines is 2. The highest BCUT2D eigenvalue weighted by Crippen LogP contribution is 2.37. The molecular weight excluding hydrogens is 511 g/mol. The molecule has 4 rings (SSSR count). The molecule has 10 heteroatoms. The Bertz CT molecular complexity index is 1330. The predicted octanol–water partition coefficient (Wildman–Crippen LogP) is 5.91. The van der Waals surface area contributed by atoms with Crippen LogP contribution in [0.2, 0.25) is 5.02 Å². The maximum absolute atomic E-state index is 13.2. The van der Waals surface area contributed by atoms with E-state index in [1.54, 1.807) is 48.5 Å². The summed E-state index contributed by atoms with van der Waals surface area (Å²) in [4.78, 5) is 26.9. The van der Waals surface area contributed by atoms with Crippen molar-refractivity contribution in [2.75, 3.05) is 23.9 Å². The summed E-state index contributed by atoms with van der Waals surface area (Å²) in [6, 6.07) is 17.5. The first-order valence-corrected chi connectivity index (χ1v) is 11.8. The number of nitrogens with zero attached hydrogens (tertiary/aromatic N) is 1. The molecular formula is C25H18ClFN2O4S2. The molecule has 1 heterocycles. The van der Waals surface area contributed by atoms with E-state index in [9.17, 15) is 14.0 Å². The molecule has 0 aromatic heterocycles. The quantitative estimate of drug-likeness (QED) is 0.304. The Morgan fingerprint density at radius 3 is 2.60 bits per heavy atom. The molecule has 1 fully saturated rings. The molecule has 0 aliphatic carbocycles. The number of methoxy groups -OCH3 is 1. The fraction of sp³-hybridized carbons (Fsp3) is 0.0800. The summed E-state index contributed by atoms with van der Waals surface area (Å²) >= 11 is 12.6. The van der Waals surface area contributed by atoms with Crippen molar-refractivity contribution in [2.24, 2.45) is 0 Å². The first-order chi connectivity index (χ1) is 16.9. The second-order valence-corrected chi connectivity index (χ2v) is 9.30. The molecule has 35 heavy (non-hydrogen) atoms. The molecule has 1 aliphatic heterocycles. The third kappa shape index (κ3) is 5.82. The number of ether oxygens (including phenoxy) is 2. The normalized spacial score (nSPS) is 14.4. The van der Waals surface area contributed by atoms with Crippen LogP contribution in [0.25, 0.3) is 6.08 Å². The zero-order chi connectivity index (χ0) is 24.9. The summed E-state index contributed by atoms with van der Waals surface area (Å²) in [5.74, 6) is -0.336. The number of carbonyl (C=O) groups is 2. The van der Waals surface area contributed by atoms with Crippen LogP contribution < -0.4 is 19.7 Å². The van der Waals surface area contributed by atoms with E-state index < -0.39 is 5.82 Å². The molecule has 3 aromatic carbocycles. The van der Waals surface area contributed by atoms with E-state index in [0.29, 0.717) is 42.7 Å². The first-order valence-electron chi connectivity index (χ1n) is 10.2. The van der Waals surface area contributed by atoms with Gasteiger partial charge in [-0.2, -0.15) is 0 Å². The van der Waals surface area contributed by atoms with Gasteiger partial charge in [0, 0.05) is 0 Å². The lowest BCUT2D eigenvalue weighted by Crippen LogP contribution is -2.27. The van der Waals surface area contributed by atoms with Crippen LogP contribution in [0.5, 0.6) is 11.5 Å². The van der Waals surface area contributed by atoms with Crippen molar-refractivity contribution < 1.29 is 23.5 Å². The number of benzene rings is 3. The van der Waals surface area contributed by atoms with E-state index >= 15 is 0 Å². The second-order valence-electron chi connectivity index (χ2n) is 7.22. The van der Waals surface area contributed by atoms with Crippen LogP contribution in [0, 0.1) is 5.82 Å². The second kappa shape index (κ2) is 10.9. The highest BCUT2D eigenvalue weighted by atomic mass is 35.5. The van der Waals surface area contributed by atoms with E-state index in [1.807, 2.05) is 0 Å².